The zero-order valence-electron chi connectivity index (χ0n) is 34.0. The van der Waals surface area contributed by atoms with E-state index in [1.807, 2.05) is 51.8 Å². The van der Waals surface area contributed by atoms with Crippen molar-refractivity contribution in [2.45, 2.75) is 117 Å². The average molecular weight is 739 g/mol. The van der Waals surface area contributed by atoms with Crippen LogP contribution in [0.15, 0.2) is 36.7 Å². The summed E-state index contributed by atoms with van der Waals surface area (Å²) in [5, 5.41) is 11.3. The van der Waals surface area contributed by atoms with Crippen LogP contribution in [0.2, 0.25) is 0 Å². The molecule has 1 aliphatic rings. The monoisotopic (exact) mass is 739 g/mol. The van der Waals surface area contributed by atoms with E-state index in [4.69, 9.17) is 9.47 Å². The molecule has 1 saturated heterocycles. The van der Waals surface area contributed by atoms with E-state index >= 15 is 0 Å². The highest BCUT2D eigenvalue weighted by Gasteiger charge is 2.43. The van der Waals surface area contributed by atoms with Crippen molar-refractivity contribution >= 4 is 34.4 Å². The lowest BCUT2D eigenvalue weighted by molar-refractivity contribution is -0.147. The van der Waals surface area contributed by atoms with Crippen LogP contribution >= 0.6 is 0 Å². The molecule has 296 valence electrons. The third kappa shape index (κ3) is 11.2. The summed E-state index contributed by atoms with van der Waals surface area (Å²) in [5.41, 5.74) is 1.11. The second-order valence-corrected chi connectivity index (χ2v) is 15.4. The van der Waals surface area contributed by atoms with Crippen molar-refractivity contribution in [1.29, 1.82) is 0 Å². The van der Waals surface area contributed by atoms with E-state index in [1.165, 1.54) is 0 Å². The molecule has 1 aromatic heterocycles. The fourth-order valence-corrected chi connectivity index (χ4v) is 7.83. The number of nitrogens with one attached hydrogen (secondary N) is 3. The second kappa shape index (κ2) is 20.7. The minimum atomic E-state index is -0.746. The van der Waals surface area contributed by atoms with Gasteiger partial charge in [-0.25, -0.2) is 0 Å². The van der Waals surface area contributed by atoms with Crippen LogP contribution in [-0.4, -0.2) is 116 Å². The summed E-state index contributed by atoms with van der Waals surface area (Å²) in [5.74, 6) is -1.27. The van der Waals surface area contributed by atoms with Gasteiger partial charge in [-0.05, 0) is 67.1 Å². The molecule has 1 fully saturated rings. The maximum Gasteiger partial charge on any atom is 0.245 e. The average Bonchev–Trinajstić information content (AvgIpc) is 3.62. The van der Waals surface area contributed by atoms with Crippen LogP contribution in [-0.2, 0) is 35.1 Å². The number of fused-ring (bicyclic) bond motifs is 1. The normalized spacial score (nSPS) is 18.7. The molecule has 4 amide bonds. The van der Waals surface area contributed by atoms with Crippen LogP contribution < -0.4 is 16.0 Å². The maximum atomic E-state index is 14.1. The third-order valence-electron chi connectivity index (χ3n) is 11.2. The molecule has 0 spiro atoms. The first kappa shape index (κ1) is 43.8. The number of aromatic nitrogens is 1. The number of pyridine rings is 1. The lowest BCUT2D eigenvalue weighted by Crippen LogP contribution is -2.59. The number of methoxy groups -OCH3 is 2. The van der Waals surface area contributed by atoms with E-state index in [0.29, 0.717) is 19.5 Å². The first-order chi connectivity index (χ1) is 25.2. The zero-order chi connectivity index (χ0) is 39.4. The molecule has 0 saturated carbocycles. The summed E-state index contributed by atoms with van der Waals surface area (Å²) in [4.78, 5) is 62.6. The molecule has 2 heterocycles. The molecule has 0 aliphatic carbocycles. The smallest absolute Gasteiger partial charge is 0.245 e. The van der Waals surface area contributed by atoms with Crippen molar-refractivity contribution in [3.05, 3.63) is 42.2 Å². The standard InChI is InChI=1S/C41H66N6O6/c1-12-27(6)37(46(9)41(51)36(26(4)5)45-40(50)35(42-8)25(2)3)33(52-10)23-34(48)47-21-13-14-32(47)38(53-11)28(7)39(49)44-20-17-29-15-16-30-18-19-43-24-31(30)22-29/h15-16,18-19,22,24-28,32-33,35-38,42H,12-14,17,20-21,23H2,1-11H3,(H,44,49)(H,45,50)/t27-,28+,32-,33+,35?,36-,37?,38+/m0/s1. The van der Waals surface area contributed by atoms with Crippen molar-refractivity contribution in [2.24, 2.45) is 23.7 Å². The Hall–Kier alpha value is -3.61. The number of ether oxygens (including phenoxy) is 2. The quantitative estimate of drug-likeness (QED) is 0.184. The topological polar surface area (TPSA) is 142 Å². The molecule has 8 atom stereocenters. The van der Waals surface area contributed by atoms with Gasteiger partial charge in [0, 0.05) is 52.1 Å². The summed E-state index contributed by atoms with van der Waals surface area (Å²) in [6.45, 7) is 14.7. The Morgan fingerprint density at radius 2 is 1.66 bits per heavy atom. The van der Waals surface area contributed by atoms with Crippen molar-refractivity contribution in [3.8, 4) is 0 Å². The fraction of sp³-hybridized carbons (Fsp3) is 0.683. The predicted octanol–water partition coefficient (Wildman–Crippen LogP) is 4.20. The number of amides is 4. The number of nitrogens with zero attached hydrogens (tertiary/aromatic N) is 3. The number of rotatable bonds is 20. The van der Waals surface area contributed by atoms with E-state index in [-0.39, 0.29) is 53.8 Å². The molecular formula is C41H66N6O6. The molecule has 0 radical (unpaired) electrons. The van der Waals surface area contributed by atoms with Gasteiger partial charge in [0.2, 0.25) is 23.6 Å². The van der Waals surface area contributed by atoms with E-state index in [9.17, 15) is 19.2 Å². The Labute approximate surface area is 317 Å². The summed E-state index contributed by atoms with van der Waals surface area (Å²) >= 11 is 0. The van der Waals surface area contributed by atoms with Gasteiger partial charge in [-0.3, -0.25) is 24.2 Å². The highest BCUT2D eigenvalue weighted by Crippen LogP contribution is 2.29. The van der Waals surface area contributed by atoms with E-state index < -0.39 is 36.3 Å². The van der Waals surface area contributed by atoms with Crippen molar-refractivity contribution in [1.82, 2.24) is 30.7 Å². The van der Waals surface area contributed by atoms with E-state index in [0.717, 1.165) is 35.6 Å². The fourth-order valence-electron chi connectivity index (χ4n) is 7.83. The maximum absolute atomic E-state index is 14.1. The SMILES string of the molecule is CC[C@H](C)C([C@@H](CC(=O)N1CCC[C@H]1[C@H](OC)[C@@H](C)C(=O)NCCc1ccc2ccncc2c1)OC)N(C)C(=O)[C@@H](NC(=O)C(NC)C(C)C)C(C)C. The molecule has 1 aliphatic heterocycles. The Morgan fingerprint density at radius 3 is 2.26 bits per heavy atom. The minimum Gasteiger partial charge on any atom is -0.379 e. The molecule has 0 bridgehead atoms. The first-order valence-corrected chi connectivity index (χ1v) is 19.4. The Morgan fingerprint density at radius 1 is 0.962 bits per heavy atom. The van der Waals surface area contributed by atoms with Gasteiger partial charge in [-0.1, -0.05) is 67.0 Å². The molecular weight excluding hydrogens is 672 g/mol. The lowest BCUT2D eigenvalue weighted by Gasteiger charge is -2.41. The van der Waals surface area contributed by atoms with Gasteiger partial charge < -0.3 is 35.2 Å². The highest BCUT2D eigenvalue weighted by molar-refractivity contribution is 5.90. The molecule has 53 heavy (non-hydrogen) atoms. The van der Waals surface area contributed by atoms with Gasteiger partial charge in [0.1, 0.15) is 6.04 Å². The molecule has 3 N–H and O–H groups in total. The van der Waals surface area contributed by atoms with Gasteiger partial charge in [0.15, 0.2) is 0 Å². The first-order valence-electron chi connectivity index (χ1n) is 19.4. The molecule has 12 nitrogen and oxygen atoms in total. The lowest BCUT2D eigenvalue weighted by atomic mass is 9.89. The summed E-state index contributed by atoms with van der Waals surface area (Å²) in [6.07, 6.45) is 5.54. The van der Waals surface area contributed by atoms with E-state index in [1.54, 1.807) is 39.4 Å². The minimum absolute atomic E-state index is 0.00188. The van der Waals surface area contributed by atoms with E-state index in [2.05, 4.69) is 53.0 Å². The molecule has 2 aromatic rings. The summed E-state index contributed by atoms with van der Waals surface area (Å²) in [6, 6.07) is 6.32. The van der Waals surface area contributed by atoms with Crippen LogP contribution in [0.4, 0.5) is 0 Å². The van der Waals surface area contributed by atoms with Crippen molar-refractivity contribution < 1.29 is 28.7 Å². The number of hydrogen-bond acceptors (Lipinski definition) is 8. The molecule has 1 aromatic carbocycles. The van der Waals surface area contributed by atoms with Gasteiger partial charge in [-0.2, -0.15) is 0 Å². The molecule has 3 rings (SSSR count). The Balaban J connectivity index is 1.70. The largest absolute Gasteiger partial charge is 0.379 e. The van der Waals surface area contributed by atoms with Crippen LogP contribution in [0.25, 0.3) is 10.8 Å². The van der Waals surface area contributed by atoms with Crippen LogP contribution in [0.5, 0.6) is 0 Å². The zero-order valence-corrected chi connectivity index (χ0v) is 34.0. The number of carbonyl (C=O) groups excluding carboxylic acids is 4. The van der Waals surface area contributed by atoms with Crippen molar-refractivity contribution in [2.75, 3.05) is 41.4 Å². The van der Waals surface area contributed by atoms with Crippen LogP contribution in [0.1, 0.15) is 79.7 Å². The summed E-state index contributed by atoms with van der Waals surface area (Å²) in [7, 11) is 6.66. The highest BCUT2D eigenvalue weighted by atomic mass is 16.5. The second-order valence-electron chi connectivity index (χ2n) is 15.4. The van der Waals surface area contributed by atoms with Gasteiger partial charge in [0.25, 0.3) is 0 Å². The van der Waals surface area contributed by atoms with Gasteiger partial charge in [-0.15, -0.1) is 0 Å². The summed E-state index contributed by atoms with van der Waals surface area (Å²) < 4.78 is 12.0. The van der Waals surface area contributed by atoms with Gasteiger partial charge >= 0.3 is 0 Å². The number of hydrogen-bond donors (Lipinski definition) is 3. The van der Waals surface area contributed by atoms with Crippen molar-refractivity contribution in [3.63, 3.8) is 0 Å². The number of carbonyl (C=O) groups is 4. The van der Waals surface area contributed by atoms with Crippen LogP contribution in [0.3, 0.4) is 0 Å². The Bertz CT molecular complexity index is 1500. The van der Waals surface area contributed by atoms with Crippen LogP contribution in [0, 0.1) is 23.7 Å². The number of benzene rings is 1. The Kier molecular flexibility index (Phi) is 17.1. The molecule has 12 heteroatoms. The third-order valence-corrected chi connectivity index (χ3v) is 11.2. The molecule has 2 unspecified atom stereocenters. The number of likely N-dealkylation sites (tertiary alicyclic amines) is 1. The number of likely N-dealkylation sites (N-methyl/N-ethyl adjacent to an activating group) is 2. The van der Waals surface area contributed by atoms with Gasteiger partial charge in [0.05, 0.1) is 42.7 Å². The predicted molar refractivity (Wildman–Crippen MR) is 209 cm³/mol.